The van der Waals surface area contributed by atoms with Crippen molar-refractivity contribution in [3.8, 4) is 5.75 Å². The van der Waals surface area contributed by atoms with Crippen LogP contribution in [0, 0.1) is 11.6 Å². The number of ether oxygens (including phenoxy) is 1. The summed E-state index contributed by atoms with van der Waals surface area (Å²) >= 11 is 0. The molecule has 1 fully saturated rings. The molecule has 1 heterocycles. The zero-order valence-electron chi connectivity index (χ0n) is 16.6. The van der Waals surface area contributed by atoms with E-state index in [1.807, 2.05) is 0 Å². The van der Waals surface area contributed by atoms with Crippen LogP contribution in [0.3, 0.4) is 0 Å². The lowest BCUT2D eigenvalue weighted by Gasteiger charge is -2.36. The van der Waals surface area contributed by atoms with E-state index in [0.29, 0.717) is 18.8 Å². The average molecular weight is 439 g/mol. The quantitative estimate of drug-likeness (QED) is 0.747. The maximum atomic E-state index is 13.8. The smallest absolute Gasteiger partial charge is 0.243 e. The number of amides is 1. The third-order valence-corrected chi connectivity index (χ3v) is 7.00. The van der Waals surface area contributed by atoms with Crippen molar-refractivity contribution in [2.75, 3.05) is 38.6 Å². The van der Waals surface area contributed by atoms with Crippen molar-refractivity contribution >= 4 is 21.6 Å². The van der Waals surface area contributed by atoms with Gasteiger partial charge in [0, 0.05) is 32.2 Å². The normalized spacial score (nSPS) is 16.8. The standard InChI is InChI=1S/C20H23F2N3O4S/c1-14(20(26)23-19-13-15(21)3-8-18(19)22)24-9-11-25(12-10-24)30(27,28)17-6-4-16(29-2)5-7-17/h3-8,13-14H,9-12H2,1-2H3,(H,23,26)/t14-/m1/s1. The molecule has 30 heavy (non-hydrogen) atoms. The first-order valence-electron chi connectivity index (χ1n) is 9.36. The van der Waals surface area contributed by atoms with E-state index in [4.69, 9.17) is 4.74 Å². The highest BCUT2D eigenvalue weighted by molar-refractivity contribution is 7.89. The van der Waals surface area contributed by atoms with E-state index in [0.717, 1.165) is 18.2 Å². The van der Waals surface area contributed by atoms with Gasteiger partial charge in [-0.25, -0.2) is 17.2 Å². The summed E-state index contributed by atoms with van der Waals surface area (Å²) in [4.78, 5) is 14.4. The SMILES string of the molecule is COc1ccc(S(=O)(=O)N2CCN([C@H](C)C(=O)Nc3cc(F)ccc3F)CC2)cc1. The van der Waals surface area contributed by atoms with Gasteiger partial charge in [-0.05, 0) is 43.3 Å². The van der Waals surface area contributed by atoms with Crippen molar-refractivity contribution in [3.63, 3.8) is 0 Å². The van der Waals surface area contributed by atoms with Crippen LogP contribution in [-0.4, -0.2) is 62.9 Å². The van der Waals surface area contributed by atoms with E-state index >= 15 is 0 Å². The lowest BCUT2D eigenvalue weighted by atomic mass is 10.2. The number of carbonyl (C=O) groups excluding carboxylic acids is 1. The Bertz CT molecular complexity index is 1010. The van der Waals surface area contributed by atoms with Crippen molar-refractivity contribution in [1.82, 2.24) is 9.21 Å². The summed E-state index contributed by atoms with van der Waals surface area (Å²) in [5.74, 6) is -1.32. The first-order chi connectivity index (χ1) is 14.2. The van der Waals surface area contributed by atoms with Crippen LogP contribution in [0.2, 0.25) is 0 Å². The van der Waals surface area contributed by atoms with Gasteiger partial charge in [0.05, 0.1) is 23.7 Å². The zero-order chi connectivity index (χ0) is 21.9. The van der Waals surface area contributed by atoms with Gasteiger partial charge >= 0.3 is 0 Å². The van der Waals surface area contributed by atoms with Crippen molar-refractivity contribution in [2.45, 2.75) is 17.9 Å². The minimum absolute atomic E-state index is 0.170. The minimum Gasteiger partial charge on any atom is -0.497 e. The molecule has 0 saturated carbocycles. The van der Waals surface area contributed by atoms with E-state index < -0.39 is 33.6 Å². The first kappa shape index (κ1) is 22.1. The summed E-state index contributed by atoms with van der Waals surface area (Å²) in [5.41, 5.74) is -0.229. The van der Waals surface area contributed by atoms with Crippen molar-refractivity contribution in [2.24, 2.45) is 0 Å². The number of rotatable bonds is 6. The van der Waals surface area contributed by atoms with Crippen LogP contribution >= 0.6 is 0 Å². The molecule has 1 amide bonds. The topological polar surface area (TPSA) is 79.0 Å². The molecule has 1 aliphatic heterocycles. The number of carbonyl (C=O) groups is 1. The van der Waals surface area contributed by atoms with Crippen molar-refractivity contribution in [3.05, 3.63) is 54.1 Å². The largest absolute Gasteiger partial charge is 0.497 e. The zero-order valence-corrected chi connectivity index (χ0v) is 17.5. The molecule has 1 saturated heterocycles. The summed E-state index contributed by atoms with van der Waals surface area (Å²) in [6.45, 7) is 2.71. The highest BCUT2D eigenvalue weighted by atomic mass is 32.2. The first-order valence-corrected chi connectivity index (χ1v) is 10.8. The number of methoxy groups -OCH3 is 1. The predicted molar refractivity (Wildman–Crippen MR) is 108 cm³/mol. The van der Waals surface area contributed by atoms with Gasteiger partial charge < -0.3 is 10.1 Å². The monoisotopic (exact) mass is 439 g/mol. The van der Waals surface area contributed by atoms with Crippen LogP contribution in [0.25, 0.3) is 0 Å². The Hall–Kier alpha value is -2.56. The van der Waals surface area contributed by atoms with Crippen LogP contribution in [0.15, 0.2) is 47.4 Å². The second kappa shape index (κ2) is 9.07. The van der Waals surface area contributed by atoms with E-state index in [2.05, 4.69) is 5.32 Å². The van der Waals surface area contributed by atoms with E-state index in [1.165, 1.54) is 23.5 Å². The van der Waals surface area contributed by atoms with Crippen molar-refractivity contribution in [1.29, 1.82) is 0 Å². The lowest BCUT2D eigenvalue weighted by molar-refractivity contribution is -0.121. The molecular weight excluding hydrogens is 416 g/mol. The third kappa shape index (κ3) is 4.77. The molecule has 1 atom stereocenters. The second-order valence-electron chi connectivity index (χ2n) is 6.90. The van der Waals surface area contributed by atoms with E-state index in [1.54, 1.807) is 24.0 Å². The molecule has 162 valence electrons. The van der Waals surface area contributed by atoms with Crippen molar-refractivity contribution < 1.29 is 26.7 Å². The Labute approximate surface area is 174 Å². The van der Waals surface area contributed by atoms with Crippen LogP contribution < -0.4 is 10.1 Å². The molecule has 2 aromatic rings. The van der Waals surface area contributed by atoms with E-state index in [9.17, 15) is 22.0 Å². The second-order valence-corrected chi connectivity index (χ2v) is 8.84. The molecule has 0 radical (unpaired) electrons. The number of nitrogens with one attached hydrogen (secondary N) is 1. The van der Waals surface area contributed by atoms with Crippen LogP contribution in [0.1, 0.15) is 6.92 Å². The highest BCUT2D eigenvalue weighted by Gasteiger charge is 2.32. The summed E-state index contributed by atoms with van der Waals surface area (Å²) in [5, 5.41) is 2.39. The van der Waals surface area contributed by atoms with Gasteiger partial charge in [0.15, 0.2) is 0 Å². The molecule has 3 rings (SSSR count). The van der Waals surface area contributed by atoms with Gasteiger partial charge in [-0.3, -0.25) is 9.69 Å². The Kier molecular flexibility index (Phi) is 6.69. The number of hydrogen-bond donors (Lipinski definition) is 1. The van der Waals surface area contributed by atoms with Gasteiger partial charge in [-0.1, -0.05) is 0 Å². The fourth-order valence-electron chi connectivity index (χ4n) is 3.22. The molecule has 0 unspecified atom stereocenters. The Balaban J connectivity index is 1.61. The molecule has 7 nitrogen and oxygen atoms in total. The fourth-order valence-corrected chi connectivity index (χ4v) is 4.65. The molecule has 0 bridgehead atoms. The summed E-state index contributed by atoms with van der Waals surface area (Å²) in [7, 11) is -2.15. The molecule has 2 aromatic carbocycles. The Morgan fingerprint density at radius 1 is 1.07 bits per heavy atom. The van der Waals surface area contributed by atoms with Gasteiger partial charge in [-0.15, -0.1) is 0 Å². The molecule has 0 spiro atoms. The minimum atomic E-state index is -3.66. The predicted octanol–water partition coefficient (Wildman–Crippen LogP) is 2.31. The van der Waals surface area contributed by atoms with E-state index in [-0.39, 0.29) is 23.7 Å². The number of hydrogen-bond acceptors (Lipinski definition) is 5. The number of nitrogens with zero attached hydrogens (tertiary/aromatic N) is 2. The van der Waals surface area contributed by atoms with Crippen LogP contribution in [0.5, 0.6) is 5.75 Å². The van der Waals surface area contributed by atoms with Crippen LogP contribution in [0.4, 0.5) is 14.5 Å². The number of anilines is 1. The highest BCUT2D eigenvalue weighted by Crippen LogP contribution is 2.22. The third-order valence-electron chi connectivity index (χ3n) is 5.08. The fraction of sp³-hybridized carbons (Fsp3) is 0.350. The maximum absolute atomic E-state index is 13.8. The molecule has 1 N–H and O–H groups in total. The summed E-state index contributed by atoms with van der Waals surface area (Å²) < 4.78 is 59.1. The molecule has 1 aliphatic rings. The number of benzene rings is 2. The van der Waals surface area contributed by atoms with Gasteiger partial charge in [0.2, 0.25) is 15.9 Å². The number of halogens is 2. The number of sulfonamides is 1. The summed E-state index contributed by atoms with van der Waals surface area (Å²) in [6, 6.07) is 8.34. The Morgan fingerprint density at radius 2 is 1.70 bits per heavy atom. The lowest BCUT2D eigenvalue weighted by Crippen LogP contribution is -2.53. The van der Waals surface area contributed by atoms with Gasteiger partial charge in [-0.2, -0.15) is 4.31 Å². The Morgan fingerprint density at radius 3 is 2.30 bits per heavy atom. The van der Waals surface area contributed by atoms with Gasteiger partial charge in [0.25, 0.3) is 0 Å². The molecule has 10 heteroatoms. The maximum Gasteiger partial charge on any atom is 0.243 e. The van der Waals surface area contributed by atoms with Gasteiger partial charge in [0.1, 0.15) is 17.4 Å². The molecular formula is C20H23F2N3O4S. The molecule has 0 aliphatic carbocycles. The average Bonchev–Trinajstić information content (AvgIpc) is 2.75. The molecule has 0 aromatic heterocycles. The van der Waals surface area contributed by atoms with Crippen LogP contribution in [-0.2, 0) is 14.8 Å². The summed E-state index contributed by atoms with van der Waals surface area (Å²) in [6.07, 6.45) is 0. The number of piperazine rings is 1.